The average molecular weight is 248 g/mol. The van der Waals surface area contributed by atoms with Crippen LogP contribution in [0.15, 0.2) is 0 Å². The number of hydrogen-bond acceptors (Lipinski definition) is 3. The first-order valence-corrected chi connectivity index (χ1v) is 8.26. The van der Waals surface area contributed by atoms with Crippen LogP contribution in [0.3, 0.4) is 0 Å². The molecule has 1 rings (SSSR count). The molecule has 0 spiro atoms. The summed E-state index contributed by atoms with van der Waals surface area (Å²) < 4.78 is 22.6. The van der Waals surface area contributed by atoms with Crippen LogP contribution < -0.4 is 0 Å². The third-order valence-corrected chi connectivity index (χ3v) is 5.38. The molecular weight excluding hydrogens is 224 g/mol. The molecule has 0 aromatic heterocycles. The first-order chi connectivity index (χ1) is 7.55. The number of aliphatic hydroxyl groups excluding tert-OH is 1. The lowest BCUT2D eigenvalue weighted by molar-refractivity contribution is 0.0768. The van der Waals surface area contributed by atoms with Gasteiger partial charge in [0.1, 0.15) is 9.84 Å². The van der Waals surface area contributed by atoms with Crippen LogP contribution in [0.5, 0.6) is 0 Å². The summed E-state index contributed by atoms with van der Waals surface area (Å²) in [5, 5.41) is 9.95. The molecule has 0 aromatic carbocycles. The molecule has 0 aromatic rings. The van der Waals surface area contributed by atoms with Gasteiger partial charge in [-0.05, 0) is 31.6 Å². The number of hydrogen-bond donors (Lipinski definition) is 1. The summed E-state index contributed by atoms with van der Waals surface area (Å²) in [6.45, 7) is 1.67. The van der Waals surface area contributed by atoms with Gasteiger partial charge in [-0.15, -0.1) is 0 Å². The molecule has 1 aliphatic carbocycles. The summed E-state index contributed by atoms with van der Waals surface area (Å²) in [6, 6.07) is 0. The van der Waals surface area contributed by atoms with Gasteiger partial charge in [0.25, 0.3) is 0 Å². The van der Waals surface area contributed by atoms with E-state index >= 15 is 0 Å². The zero-order chi connectivity index (χ0) is 12.0. The predicted octanol–water partition coefficient (Wildman–Crippen LogP) is 2.14. The molecule has 1 fully saturated rings. The van der Waals surface area contributed by atoms with E-state index in [4.69, 9.17) is 0 Å². The Bertz CT molecular complexity index is 279. The highest BCUT2D eigenvalue weighted by molar-refractivity contribution is 7.91. The van der Waals surface area contributed by atoms with Crippen molar-refractivity contribution in [3.63, 3.8) is 0 Å². The van der Waals surface area contributed by atoms with Crippen molar-refractivity contribution in [2.24, 2.45) is 5.92 Å². The predicted molar refractivity (Wildman–Crippen MR) is 66.1 cm³/mol. The summed E-state index contributed by atoms with van der Waals surface area (Å²) in [7, 11) is -2.86. The van der Waals surface area contributed by atoms with Crippen molar-refractivity contribution in [1.82, 2.24) is 0 Å². The van der Waals surface area contributed by atoms with Crippen molar-refractivity contribution < 1.29 is 13.5 Å². The lowest BCUT2D eigenvalue weighted by atomic mass is 9.84. The summed E-state index contributed by atoms with van der Waals surface area (Å²) in [5.74, 6) is 0.859. The molecule has 16 heavy (non-hydrogen) atoms. The standard InChI is InChI=1S/C12H24O3S/c1-2-16(14,15)10-6-9-12(13)11-7-4-3-5-8-11/h11-13H,2-10H2,1H3. The first kappa shape index (κ1) is 14.0. The largest absolute Gasteiger partial charge is 0.393 e. The van der Waals surface area contributed by atoms with Crippen LogP contribution in [-0.2, 0) is 9.84 Å². The van der Waals surface area contributed by atoms with E-state index in [0.717, 1.165) is 12.8 Å². The smallest absolute Gasteiger partial charge is 0.150 e. The van der Waals surface area contributed by atoms with E-state index in [0.29, 0.717) is 18.8 Å². The maximum Gasteiger partial charge on any atom is 0.150 e. The fraction of sp³-hybridized carbons (Fsp3) is 1.00. The SMILES string of the molecule is CCS(=O)(=O)CCCC(O)C1CCCCC1. The van der Waals surface area contributed by atoms with E-state index in [1.807, 2.05) is 0 Å². The van der Waals surface area contributed by atoms with Gasteiger partial charge in [-0.1, -0.05) is 26.2 Å². The molecular formula is C12H24O3S. The lowest BCUT2D eigenvalue weighted by Crippen LogP contribution is -2.23. The van der Waals surface area contributed by atoms with Crippen LogP contribution in [0.2, 0.25) is 0 Å². The van der Waals surface area contributed by atoms with E-state index < -0.39 is 9.84 Å². The van der Waals surface area contributed by atoms with E-state index in [2.05, 4.69) is 0 Å². The number of sulfone groups is 1. The molecule has 0 amide bonds. The maximum absolute atomic E-state index is 11.3. The van der Waals surface area contributed by atoms with Crippen LogP contribution in [0, 0.1) is 5.92 Å². The van der Waals surface area contributed by atoms with Gasteiger partial charge < -0.3 is 5.11 Å². The Labute approximate surface area is 99.2 Å². The normalized spacial score (nSPS) is 20.9. The molecule has 96 valence electrons. The van der Waals surface area contributed by atoms with Gasteiger partial charge in [-0.3, -0.25) is 0 Å². The topological polar surface area (TPSA) is 54.4 Å². The van der Waals surface area contributed by atoms with Gasteiger partial charge in [-0.2, -0.15) is 0 Å². The zero-order valence-electron chi connectivity index (χ0n) is 10.2. The zero-order valence-corrected chi connectivity index (χ0v) is 11.0. The van der Waals surface area contributed by atoms with Gasteiger partial charge in [0, 0.05) is 5.75 Å². The van der Waals surface area contributed by atoms with E-state index in [9.17, 15) is 13.5 Å². The average Bonchev–Trinajstić information content (AvgIpc) is 2.30. The highest BCUT2D eigenvalue weighted by Crippen LogP contribution is 2.28. The molecule has 3 nitrogen and oxygen atoms in total. The Morgan fingerprint density at radius 2 is 1.88 bits per heavy atom. The molecule has 0 saturated heterocycles. The highest BCUT2D eigenvalue weighted by atomic mass is 32.2. The second-order valence-electron chi connectivity index (χ2n) is 4.84. The summed E-state index contributed by atoms with van der Waals surface area (Å²) in [6.07, 6.45) is 6.91. The molecule has 0 radical (unpaired) electrons. The molecule has 1 aliphatic rings. The van der Waals surface area contributed by atoms with E-state index in [1.165, 1.54) is 19.3 Å². The van der Waals surface area contributed by atoms with Crippen molar-refractivity contribution in [1.29, 1.82) is 0 Å². The Kier molecular flexibility index (Phi) is 5.76. The molecule has 4 heteroatoms. The third kappa shape index (κ3) is 4.83. The Balaban J connectivity index is 2.21. The summed E-state index contributed by atoms with van der Waals surface area (Å²) in [4.78, 5) is 0. The van der Waals surface area contributed by atoms with Gasteiger partial charge >= 0.3 is 0 Å². The van der Waals surface area contributed by atoms with Gasteiger partial charge in [-0.25, -0.2) is 8.42 Å². The van der Waals surface area contributed by atoms with E-state index in [1.54, 1.807) is 6.92 Å². The van der Waals surface area contributed by atoms with Gasteiger partial charge in [0.2, 0.25) is 0 Å². The molecule has 0 heterocycles. The molecule has 1 unspecified atom stereocenters. The third-order valence-electron chi connectivity index (χ3n) is 3.59. The van der Waals surface area contributed by atoms with Crippen molar-refractivity contribution in [3.8, 4) is 0 Å². The highest BCUT2D eigenvalue weighted by Gasteiger charge is 2.21. The fourth-order valence-electron chi connectivity index (χ4n) is 2.41. The van der Waals surface area contributed by atoms with Crippen molar-refractivity contribution in [3.05, 3.63) is 0 Å². The van der Waals surface area contributed by atoms with Gasteiger partial charge in [0.05, 0.1) is 11.9 Å². The minimum absolute atomic E-state index is 0.215. The minimum atomic E-state index is -2.86. The Hall–Kier alpha value is -0.0900. The van der Waals surface area contributed by atoms with Crippen LogP contribution >= 0.6 is 0 Å². The fourth-order valence-corrected chi connectivity index (χ4v) is 3.31. The van der Waals surface area contributed by atoms with Crippen molar-refractivity contribution in [2.45, 2.75) is 58.0 Å². The molecule has 0 bridgehead atoms. The molecule has 1 atom stereocenters. The molecule has 1 saturated carbocycles. The summed E-state index contributed by atoms with van der Waals surface area (Å²) in [5.41, 5.74) is 0. The van der Waals surface area contributed by atoms with Crippen LogP contribution in [-0.4, -0.2) is 31.1 Å². The van der Waals surface area contributed by atoms with Crippen molar-refractivity contribution >= 4 is 9.84 Å². The first-order valence-electron chi connectivity index (χ1n) is 6.43. The molecule has 1 N–H and O–H groups in total. The second kappa shape index (κ2) is 6.60. The van der Waals surface area contributed by atoms with Crippen LogP contribution in [0.4, 0.5) is 0 Å². The molecule has 0 aliphatic heterocycles. The van der Waals surface area contributed by atoms with E-state index in [-0.39, 0.29) is 17.6 Å². The quantitative estimate of drug-likeness (QED) is 0.783. The minimum Gasteiger partial charge on any atom is -0.393 e. The monoisotopic (exact) mass is 248 g/mol. The van der Waals surface area contributed by atoms with Crippen LogP contribution in [0.1, 0.15) is 51.9 Å². The Morgan fingerprint density at radius 1 is 1.25 bits per heavy atom. The van der Waals surface area contributed by atoms with Crippen LogP contribution in [0.25, 0.3) is 0 Å². The second-order valence-corrected chi connectivity index (χ2v) is 7.32. The van der Waals surface area contributed by atoms with Gasteiger partial charge in [0.15, 0.2) is 0 Å². The Morgan fingerprint density at radius 3 is 2.44 bits per heavy atom. The number of aliphatic hydroxyl groups is 1. The lowest BCUT2D eigenvalue weighted by Gasteiger charge is -2.26. The summed E-state index contributed by atoms with van der Waals surface area (Å²) >= 11 is 0. The van der Waals surface area contributed by atoms with Crippen molar-refractivity contribution in [2.75, 3.05) is 11.5 Å². The number of rotatable bonds is 6. The maximum atomic E-state index is 11.3.